The topological polar surface area (TPSA) is 40.5 Å². The normalized spacial score (nSPS) is 10.7. The Morgan fingerprint density at radius 1 is 0.741 bits per heavy atom. The van der Waals surface area contributed by atoms with E-state index in [1.165, 1.54) is 0 Å². The van der Waals surface area contributed by atoms with E-state index in [9.17, 15) is 4.79 Å². The van der Waals surface area contributed by atoms with Crippen LogP contribution in [0, 0.1) is 0 Å². The second-order valence-corrected chi connectivity index (χ2v) is 6.19. The Bertz CT molecular complexity index is 1150. The average Bonchev–Trinajstić information content (AvgIpc) is 2.74. The predicted molar refractivity (Wildman–Crippen MR) is 108 cm³/mol. The number of nitrogens with zero attached hydrogens (tertiary/aromatic N) is 1. The average molecular weight is 357 g/mol. The molecule has 4 nitrogen and oxygen atoms in total. The van der Waals surface area contributed by atoms with Crippen LogP contribution in [-0.2, 0) is 0 Å². The number of hydrogen-bond donors (Lipinski definition) is 0. The number of rotatable bonds is 4. The molecule has 4 rings (SSSR count). The van der Waals surface area contributed by atoms with E-state index in [-0.39, 0.29) is 5.56 Å². The van der Waals surface area contributed by atoms with Crippen LogP contribution in [0.2, 0.25) is 0 Å². The molecule has 27 heavy (non-hydrogen) atoms. The van der Waals surface area contributed by atoms with Crippen LogP contribution in [0.1, 0.15) is 0 Å². The van der Waals surface area contributed by atoms with Crippen molar-refractivity contribution in [2.75, 3.05) is 14.2 Å². The van der Waals surface area contributed by atoms with Gasteiger partial charge in [0.25, 0.3) is 5.56 Å². The Labute approximate surface area is 157 Å². The number of fused-ring (bicyclic) bond motifs is 1. The first-order valence-electron chi connectivity index (χ1n) is 8.64. The summed E-state index contributed by atoms with van der Waals surface area (Å²) in [6, 6.07) is 23.0. The molecule has 0 atom stereocenters. The minimum Gasteiger partial charge on any atom is -0.497 e. The number of aromatic nitrogens is 1. The number of methoxy groups -OCH3 is 2. The zero-order chi connectivity index (χ0) is 18.8. The number of benzene rings is 3. The lowest BCUT2D eigenvalue weighted by atomic mass is 10.00. The van der Waals surface area contributed by atoms with E-state index < -0.39 is 0 Å². The fourth-order valence-electron chi connectivity index (χ4n) is 3.23. The largest absolute Gasteiger partial charge is 0.497 e. The smallest absolute Gasteiger partial charge is 0.262 e. The van der Waals surface area contributed by atoms with Crippen molar-refractivity contribution in [3.63, 3.8) is 0 Å². The minimum absolute atomic E-state index is 0.0718. The number of ether oxygens (including phenoxy) is 2. The van der Waals surface area contributed by atoms with Crippen molar-refractivity contribution in [3.05, 3.63) is 89.3 Å². The molecule has 1 heterocycles. The molecule has 4 heteroatoms. The quantitative estimate of drug-likeness (QED) is 0.533. The monoisotopic (exact) mass is 357 g/mol. The van der Waals surface area contributed by atoms with Crippen LogP contribution in [0.3, 0.4) is 0 Å². The van der Waals surface area contributed by atoms with Crippen molar-refractivity contribution < 1.29 is 9.47 Å². The summed E-state index contributed by atoms with van der Waals surface area (Å²) < 4.78 is 12.3. The molecule has 1 aromatic heterocycles. The lowest BCUT2D eigenvalue weighted by molar-refractivity contribution is 0.414. The Morgan fingerprint density at radius 2 is 1.41 bits per heavy atom. The summed E-state index contributed by atoms with van der Waals surface area (Å²) in [5.74, 6) is 1.47. The second-order valence-electron chi connectivity index (χ2n) is 6.19. The SMILES string of the molecule is COc1ccc(-n2cc(-c3ccccc3)c3cc(OC)ccc3c2=O)cc1. The molecule has 0 aliphatic carbocycles. The second kappa shape index (κ2) is 7.00. The van der Waals surface area contributed by atoms with Gasteiger partial charge in [0.15, 0.2) is 0 Å². The summed E-state index contributed by atoms with van der Waals surface area (Å²) in [6.07, 6.45) is 1.89. The molecule has 134 valence electrons. The highest BCUT2D eigenvalue weighted by Crippen LogP contribution is 2.30. The fraction of sp³-hybridized carbons (Fsp3) is 0.0870. The maximum Gasteiger partial charge on any atom is 0.262 e. The van der Waals surface area contributed by atoms with Gasteiger partial charge in [-0.2, -0.15) is 0 Å². The zero-order valence-corrected chi connectivity index (χ0v) is 15.2. The van der Waals surface area contributed by atoms with E-state index in [0.717, 1.165) is 33.7 Å². The highest BCUT2D eigenvalue weighted by molar-refractivity contribution is 5.96. The van der Waals surface area contributed by atoms with Crippen molar-refractivity contribution in [2.24, 2.45) is 0 Å². The summed E-state index contributed by atoms with van der Waals surface area (Å²) >= 11 is 0. The van der Waals surface area contributed by atoms with E-state index in [1.54, 1.807) is 18.8 Å². The van der Waals surface area contributed by atoms with E-state index in [1.807, 2.05) is 79.0 Å². The lowest BCUT2D eigenvalue weighted by Crippen LogP contribution is -2.18. The third kappa shape index (κ3) is 3.06. The standard InChI is InChI=1S/C23H19NO3/c1-26-18-10-8-17(9-11-18)24-15-22(16-6-4-3-5-7-16)21-14-19(27-2)12-13-20(21)23(24)25/h3-15H,1-2H3. The van der Waals surface area contributed by atoms with Gasteiger partial charge in [0.05, 0.1) is 14.2 Å². The Hall–Kier alpha value is -3.53. The summed E-state index contributed by atoms with van der Waals surface area (Å²) in [5, 5.41) is 1.52. The van der Waals surface area contributed by atoms with Crippen LogP contribution >= 0.6 is 0 Å². The highest BCUT2D eigenvalue weighted by atomic mass is 16.5. The third-order valence-electron chi connectivity index (χ3n) is 4.66. The molecule has 0 spiro atoms. The van der Waals surface area contributed by atoms with E-state index >= 15 is 0 Å². The molecule has 0 bridgehead atoms. The van der Waals surface area contributed by atoms with Gasteiger partial charge in [0.1, 0.15) is 11.5 Å². The minimum atomic E-state index is -0.0718. The third-order valence-corrected chi connectivity index (χ3v) is 4.66. The van der Waals surface area contributed by atoms with Gasteiger partial charge in [-0.3, -0.25) is 9.36 Å². The summed E-state index contributed by atoms with van der Waals surface area (Å²) in [6.45, 7) is 0. The first-order chi connectivity index (χ1) is 13.2. The number of pyridine rings is 1. The van der Waals surface area contributed by atoms with Crippen molar-refractivity contribution in [1.82, 2.24) is 4.57 Å². The predicted octanol–water partition coefficient (Wildman–Crippen LogP) is 4.67. The maximum atomic E-state index is 13.2. The van der Waals surface area contributed by atoms with Gasteiger partial charge in [-0.15, -0.1) is 0 Å². The molecule has 0 unspecified atom stereocenters. The molecule has 4 aromatic rings. The van der Waals surface area contributed by atoms with Gasteiger partial charge in [-0.05, 0) is 48.0 Å². The summed E-state index contributed by atoms with van der Waals surface area (Å²) in [7, 11) is 3.25. The van der Waals surface area contributed by atoms with Crippen LogP contribution < -0.4 is 15.0 Å². The molecule has 0 saturated carbocycles. The van der Waals surface area contributed by atoms with Crippen LogP contribution in [0.4, 0.5) is 0 Å². The van der Waals surface area contributed by atoms with Crippen molar-refractivity contribution in [1.29, 1.82) is 0 Å². The van der Waals surface area contributed by atoms with Crippen LogP contribution in [0.15, 0.2) is 83.8 Å². The molecule has 0 amide bonds. The molecule has 0 N–H and O–H groups in total. The van der Waals surface area contributed by atoms with Crippen LogP contribution in [0.25, 0.3) is 27.6 Å². The van der Waals surface area contributed by atoms with E-state index in [4.69, 9.17) is 9.47 Å². The Kier molecular flexibility index (Phi) is 4.38. The van der Waals surface area contributed by atoms with Crippen molar-refractivity contribution in [3.8, 4) is 28.3 Å². The molecule has 0 fully saturated rings. The first kappa shape index (κ1) is 16.9. The molecule has 0 radical (unpaired) electrons. The Balaban J connectivity index is 2.03. The van der Waals surface area contributed by atoms with Gasteiger partial charge >= 0.3 is 0 Å². The maximum absolute atomic E-state index is 13.2. The highest BCUT2D eigenvalue weighted by Gasteiger charge is 2.13. The first-order valence-corrected chi connectivity index (χ1v) is 8.64. The number of hydrogen-bond acceptors (Lipinski definition) is 3. The summed E-state index contributed by atoms with van der Waals surface area (Å²) in [5.41, 5.74) is 2.73. The van der Waals surface area contributed by atoms with Crippen molar-refractivity contribution in [2.45, 2.75) is 0 Å². The van der Waals surface area contributed by atoms with Gasteiger partial charge < -0.3 is 9.47 Å². The lowest BCUT2D eigenvalue weighted by Gasteiger charge is -2.14. The van der Waals surface area contributed by atoms with Gasteiger partial charge in [0, 0.05) is 28.2 Å². The van der Waals surface area contributed by atoms with Crippen LogP contribution in [-0.4, -0.2) is 18.8 Å². The zero-order valence-electron chi connectivity index (χ0n) is 15.2. The van der Waals surface area contributed by atoms with Gasteiger partial charge in [-0.25, -0.2) is 0 Å². The molecule has 0 aliphatic heterocycles. The van der Waals surface area contributed by atoms with Gasteiger partial charge in [-0.1, -0.05) is 30.3 Å². The van der Waals surface area contributed by atoms with Crippen molar-refractivity contribution >= 4 is 10.8 Å². The summed E-state index contributed by atoms with van der Waals surface area (Å²) in [4.78, 5) is 13.2. The van der Waals surface area contributed by atoms with E-state index in [2.05, 4.69) is 0 Å². The van der Waals surface area contributed by atoms with Crippen LogP contribution in [0.5, 0.6) is 11.5 Å². The molecule has 3 aromatic carbocycles. The van der Waals surface area contributed by atoms with E-state index in [0.29, 0.717) is 5.39 Å². The Morgan fingerprint density at radius 3 is 2.07 bits per heavy atom. The fourth-order valence-corrected chi connectivity index (χ4v) is 3.23. The molecular formula is C23H19NO3. The molecule has 0 aliphatic rings. The molecular weight excluding hydrogens is 338 g/mol. The molecule has 0 saturated heterocycles. The van der Waals surface area contributed by atoms with Gasteiger partial charge in [0.2, 0.25) is 0 Å².